The van der Waals surface area contributed by atoms with Crippen molar-refractivity contribution in [2.75, 3.05) is 33.3 Å². The van der Waals surface area contributed by atoms with Gasteiger partial charge in [-0.3, -0.25) is 4.99 Å². The minimum atomic E-state index is 0.0966. The van der Waals surface area contributed by atoms with Crippen molar-refractivity contribution in [3.63, 3.8) is 0 Å². The van der Waals surface area contributed by atoms with E-state index in [2.05, 4.69) is 32.6 Å². The molecule has 0 aliphatic carbocycles. The predicted molar refractivity (Wildman–Crippen MR) is 135 cm³/mol. The molecular formula is C24H34N8O. The van der Waals surface area contributed by atoms with Gasteiger partial charge in [0.15, 0.2) is 0 Å². The Morgan fingerprint density at radius 2 is 2.18 bits per heavy atom. The van der Waals surface area contributed by atoms with Crippen LogP contribution in [0.2, 0.25) is 0 Å². The average Bonchev–Trinajstić information content (AvgIpc) is 2.79. The van der Waals surface area contributed by atoms with E-state index in [9.17, 15) is 0 Å². The molecule has 0 aromatic heterocycles. The number of aliphatic imine (C=N–C) groups is 2. The number of morpholine rings is 1. The van der Waals surface area contributed by atoms with Crippen molar-refractivity contribution in [2.24, 2.45) is 27.4 Å². The van der Waals surface area contributed by atoms with E-state index < -0.39 is 0 Å². The topological polar surface area (TPSA) is 137 Å². The van der Waals surface area contributed by atoms with Gasteiger partial charge in [-0.25, -0.2) is 4.99 Å². The molecule has 3 heterocycles. The molecule has 0 aromatic carbocycles. The molecule has 33 heavy (non-hydrogen) atoms. The third-order valence-corrected chi connectivity index (χ3v) is 5.44. The van der Waals surface area contributed by atoms with E-state index in [-0.39, 0.29) is 12.0 Å². The monoisotopic (exact) mass is 450 g/mol. The van der Waals surface area contributed by atoms with E-state index in [1.54, 1.807) is 18.5 Å². The molecule has 176 valence electrons. The van der Waals surface area contributed by atoms with Crippen LogP contribution in [0.4, 0.5) is 0 Å². The molecule has 3 rings (SSSR count). The first-order valence-electron chi connectivity index (χ1n) is 11.1. The summed E-state index contributed by atoms with van der Waals surface area (Å²) in [6, 6.07) is 0. The Hall–Kier alpha value is -3.43. The van der Waals surface area contributed by atoms with Crippen molar-refractivity contribution < 1.29 is 4.74 Å². The van der Waals surface area contributed by atoms with Gasteiger partial charge in [0.1, 0.15) is 11.7 Å². The summed E-state index contributed by atoms with van der Waals surface area (Å²) in [5.41, 5.74) is 16.2. The van der Waals surface area contributed by atoms with Crippen LogP contribution in [0.25, 0.3) is 0 Å². The molecule has 3 aliphatic heterocycles. The van der Waals surface area contributed by atoms with Gasteiger partial charge in [-0.15, -0.1) is 0 Å². The zero-order valence-electron chi connectivity index (χ0n) is 19.5. The summed E-state index contributed by atoms with van der Waals surface area (Å²) in [6.45, 7) is 7.17. The highest BCUT2D eigenvalue weighted by atomic mass is 16.5. The fraction of sp³-hybridized carbons (Fsp3) is 0.375. The fourth-order valence-corrected chi connectivity index (χ4v) is 3.50. The van der Waals surface area contributed by atoms with Crippen molar-refractivity contribution >= 4 is 18.3 Å². The van der Waals surface area contributed by atoms with Gasteiger partial charge in [-0.1, -0.05) is 13.8 Å². The van der Waals surface area contributed by atoms with Gasteiger partial charge in [0.25, 0.3) is 0 Å². The Morgan fingerprint density at radius 3 is 2.88 bits per heavy atom. The highest BCUT2D eigenvalue weighted by Gasteiger charge is 2.18. The van der Waals surface area contributed by atoms with Gasteiger partial charge < -0.3 is 37.1 Å². The normalized spacial score (nSPS) is 22.7. The van der Waals surface area contributed by atoms with Gasteiger partial charge in [-0.2, -0.15) is 0 Å². The highest BCUT2D eigenvalue weighted by molar-refractivity contribution is 5.97. The van der Waals surface area contributed by atoms with E-state index >= 15 is 0 Å². The number of nitrogens with one attached hydrogen (secondary N) is 3. The van der Waals surface area contributed by atoms with Crippen LogP contribution < -0.4 is 22.1 Å². The molecule has 7 N–H and O–H groups in total. The molecule has 1 atom stereocenters. The van der Waals surface area contributed by atoms with Gasteiger partial charge in [0.05, 0.1) is 30.6 Å². The van der Waals surface area contributed by atoms with Crippen LogP contribution in [0, 0.1) is 11.3 Å². The van der Waals surface area contributed by atoms with Crippen LogP contribution in [0.5, 0.6) is 0 Å². The van der Waals surface area contributed by atoms with Gasteiger partial charge >= 0.3 is 0 Å². The number of fused-ring (bicyclic) bond motifs is 1. The third kappa shape index (κ3) is 6.77. The number of likely N-dealkylation sites (N-methyl/N-ethyl adjacent to an activating group) is 1. The van der Waals surface area contributed by atoms with Gasteiger partial charge in [0.2, 0.25) is 0 Å². The largest absolute Gasteiger partial charge is 0.404 e. The van der Waals surface area contributed by atoms with Crippen molar-refractivity contribution in [1.82, 2.24) is 15.5 Å². The Balaban J connectivity index is 1.67. The van der Waals surface area contributed by atoms with E-state index in [0.717, 1.165) is 47.8 Å². The van der Waals surface area contributed by atoms with Crippen molar-refractivity contribution in [1.29, 1.82) is 5.41 Å². The van der Waals surface area contributed by atoms with Crippen molar-refractivity contribution in [3.05, 3.63) is 70.6 Å². The molecule has 0 aromatic rings. The number of hydrogen-bond donors (Lipinski definition) is 5. The number of amidine groups is 1. The van der Waals surface area contributed by atoms with Gasteiger partial charge in [0, 0.05) is 49.1 Å². The molecule has 1 saturated heterocycles. The van der Waals surface area contributed by atoms with E-state index in [1.807, 2.05) is 38.3 Å². The molecule has 9 nitrogen and oxygen atoms in total. The van der Waals surface area contributed by atoms with Crippen LogP contribution in [-0.4, -0.2) is 62.6 Å². The molecule has 1 fully saturated rings. The van der Waals surface area contributed by atoms with Crippen LogP contribution in [-0.2, 0) is 4.74 Å². The first-order chi connectivity index (χ1) is 15.9. The summed E-state index contributed by atoms with van der Waals surface area (Å²) in [5.74, 6) is 1.14. The Kier molecular flexibility index (Phi) is 8.39. The first kappa shape index (κ1) is 24.2. The number of rotatable bonds is 8. The summed E-state index contributed by atoms with van der Waals surface area (Å²) in [5, 5.41) is 14.1. The minimum absolute atomic E-state index is 0.0966. The lowest BCUT2D eigenvalue weighted by Gasteiger charge is -2.29. The molecule has 0 bridgehead atoms. The summed E-state index contributed by atoms with van der Waals surface area (Å²) in [6.07, 6.45) is 14.1. The molecule has 3 aliphatic rings. The second kappa shape index (κ2) is 11.4. The van der Waals surface area contributed by atoms with E-state index in [1.165, 1.54) is 6.21 Å². The SMILES string of the molecule is CC(C)C(C=N)=CC(N)=NC1=CC=C2NC=C(C(C=NCC3CN(C)CCO3)=CN)C=C2N1. The lowest BCUT2D eigenvalue weighted by atomic mass is 10.0. The maximum atomic E-state index is 7.52. The second-order valence-corrected chi connectivity index (χ2v) is 8.41. The maximum absolute atomic E-state index is 7.52. The average molecular weight is 451 g/mol. The predicted octanol–water partition coefficient (Wildman–Crippen LogP) is 1.52. The quantitative estimate of drug-likeness (QED) is 0.281. The Labute approximate surface area is 195 Å². The molecule has 0 radical (unpaired) electrons. The van der Waals surface area contributed by atoms with Gasteiger partial charge in [-0.05, 0) is 42.8 Å². The minimum Gasteiger partial charge on any atom is -0.404 e. The van der Waals surface area contributed by atoms with Crippen LogP contribution in [0.3, 0.4) is 0 Å². The van der Waals surface area contributed by atoms with Crippen molar-refractivity contribution in [2.45, 2.75) is 20.0 Å². The van der Waals surface area contributed by atoms with Crippen LogP contribution >= 0.6 is 0 Å². The number of ether oxygens (including phenoxy) is 1. The number of nitrogens with zero attached hydrogens (tertiary/aromatic N) is 3. The summed E-state index contributed by atoms with van der Waals surface area (Å²) >= 11 is 0. The first-order valence-corrected chi connectivity index (χ1v) is 11.1. The summed E-state index contributed by atoms with van der Waals surface area (Å²) < 4.78 is 5.76. The molecule has 0 amide bonds. The van der Waals surface area contributed by atoms with E-state index in [0.29, 0.717) is 18.2 Å². The second-order valence-electron chi connectivity index (χ2n) is 8.41. The Bertz CT molecular complexity index is 994. The van der Waals surface area contributed by atoms with Crippen LogP contribution in [0.1, 0.15) is 13.8 Å². The smallest absolute Gasteiger partial charge is 0.132 e. The van der Waals surface area contributed by atoms with Crippen molar-refractivity contribution in [3.8, 4) is 0 Å². The molecule has 0 spiro atoms. The standard InChI is InChI=1S/C24H34N8O/c1-16(2)17(10-25)9-23(27)31-24-5-4-21-22(30-24)8-18(13-29-21)19(11-26)12-28-14-20-15-32(3)6-7-33-20/h4-5,8-13,16,20,25,29-30H,6-7,14-15,26H2,1-3H3,(H2,27,31). The Morgan fingerprint density at radius 1 is 1.36 bits per heavy atom. The summed E-state index contributed by atoms with van der Waals surface area (Å²) in [7, 11) is 2.09. The molecular weight excluding hydrogens is 416 g/mol. The molecule has 0 saturated carbocycles. The number of allylic oxidation sites excluding steroid dienone is 6. The lowest BCUT2D eigenvalue weighted by Crippen LogP contribution is -2.41. The number of hydrogen-bond acceptors (Lipinski definition) is 8. The lowest BCUT2D eigenvalue weighted by molar-refractivity contribution is -0.0135. The van der Waals surface area contributed by atoms with Crippen LogP contribution in [0.15, 0.2) is 80.6 Å². The van der Waals surface area contributed by atoms with E-state index in [4.69, 9.17) is 21.6 Å². The number of dihydropyridines is 2. The maximum Gasteiger partial charge on any atom is 0.132 e. The molecule has 9 heteroatoms. The third-order valence-electron chi connectivity index (χ3n) is 5.44. The highest BCUT2D eigenvalue weighted by Crippen LogP contribution is 2.22. The zero-order valence-corrected chi connectivity index (χ0v) is 19.5. The fourth-order valence-electron chi connectivity index (χ4n) is 3.50. The number of nitrogens with two attached hydrogens (primary N) is 2. The molecule has 1 unspecified atom stereocenters. The summed E-state index contributed by atoms with van der Waals surface area (Å²) in [4.78, 5) is 11.2. The zero-order chi connectivity index (χ0) is 23.8.